The van der Waals surface area contributed by atoms with Gasteiger partial charge in [0.2, 0.25) is 5.91 Å². The molecule has 2 aliphatic heterocycles. The van der Waals surface area contributed by atoms with Crippen LogP contribution in [0.3, 0.4) is 0 Å². The Hall–Kier alpha value is -4.13. The van der Waals surface area contributed by atoms with E-state index in [9.17, 15) is 27.9 Å². The molecule has 0 bridgehead atoms. The lowest BCUT2D eigenvalue weighted by Crippen LogP contribution is -2.45. The molecule has 4 aromatic rings. The quantitative estimate of drug-likeness (QED) is 0.329. The van der Waals surface area contributed by atoms with Crippen LogP contribution in [0, 0.1) is 0 Å². The number of amides is 2. The fourth-order valence-electron chi connectivity index (χ4n) is 5.58. The van der Waals surface area contributed by atoms with Crippen molar-refractivity contribution in [1.82, 2.24) is 29.5 Å². The molecule has 206 valence electrons. The Balaban J connectivity index is 1.46. The van der Waals surface area contributed by atoms with E-state index in [4.69, 9.17) is 0 Å². The minimum atomic E-state index is -4.61. The van der Waals surface area contributed by atoms with E-state index < -0.39 is 23.5 Å². The predicted octanol–water partition coefficient (Wildman–Crippen LogP) is 4.55. The van der Waals surface area contributed by atoms with E-state index in [-0.39, 0.29) is 30.6 Å². The van der Waals surface area contributed by atoms with Crippen LogP contribution >= 0.6 is 15.9 Å². The Morgan fingerprint density at radius 1 is 1.18 bits per heavy atom. The number of aromatic amines is 1. The maximum Gasteiger partial charge on any atom is 0.416 e. The van der Waals surface area contributed by atoms with Crippen LogP contribution < -0.4 is 0 Å². The molecule has 4 heterocycles. The number of nitrogens with zero attached hydrogens (tertiary/aromatic N) is 5. The predicted molar refractivity (Wildman–Crippen MR) is 142 cm³/mol. The molecule has 13 heteroatoms. The molecule has 1 unspecified atom stereocenters. The molecular formula is C27H22BrF3N6O3. The molecular weight excluding hydrogens is 593 g/mol. The summed E-state index contributed by atoms with van der Waals surface area (Å²) in [4.78, 5) is 37.3. The lowest BCUT2D eigenvalue weighted by atomic mass is 9.94. The van der Waals surface area contributed by atoms with Gasteiger partial charge in [-0.25, -0.2) is 9.67 Å². The first-order chi connectivity index (χ1) is 19.1. The zero-order valence-corrected chi connectivity index (χ0v) is 22.5. The van der Waals surface area contributed by atoms with Crippen LogP contribution in [0.1, 0.15) is 38.9 Å². The number of benzene rings is 2. The van der Waals surface area contributed by atoms with Crippen LogP contribution in [0.25, 0.3) is 16.7 Å². The van der Waals surface area contributed by atoms with E-state index in [1.54, 1.807) is 21.9 Å². The third kappa shape index (κ3) is 4.15. The molecule has 9 nitrogen and oxygen atoms in total. The largest absolute Gasteiger partial charge is 0.506 e. The van der Waals surface area contributed by atoms with Gasteiger partial charge < -0.3 is 19.9 Å². The van der Waals surface area contributed by atoms with E-state index in [0.717, 1.165) is 16.1 Å². The minimum Gasteiger partial charge on any atom is -0.506 e. The number of aromatic nitrogens is 4. The highest BCUT2D eigenvalue weighted by atomic mass is 79.9. The molecule has 2 aromatic carbocycles. The number of nitrogens with one attached hydrogen (secondary N) is 1. The number of aromatic hydroxyl groups is 1. The molecule has 2 aromatic heterocycles. The zero-order chi connectivity index (χ0) is 28.3. The van der Waals surface area contributed by atoms with Crippen LogP contribution in [0.5, 0.6) is 5.75 Å². The molecule has 2 amide bonds. The van der Waals surface area contributed by atoms with Gasteiger partial charge in [-0.3, -0.25) is 9.59 Å². The van der Waals surface area contributed by atoms with Crippen molar-refractivity contribution >= 4 is 38.8 Å². The summed E-state index contributed by atoms with van der Waals surface area (Å²) in [6.45, 7) is 4.35. The number of alkyl halides is 3. The van der Waals surface area contributed by atoms with Crippen molar-refractivity contribution in [2.45, 2.75) is 25.1 Å². The van der Waals surface area contributed by atoms with E-state index in [0.29, 0.717) is 53.4 Å². The van der Waals surface area contributed by atoms with Gasteiger partial charge in [0.1, 0.15) is 17.0 Å². The SMILES string of the molecule is C=CC(=O)N1CCc2nn(-c3ccc(C(F)(F)F)cc3O)c3c2C(C1)N(C(=O)c1ccc(Br)c2nc[nH]c12)CC3. The number of imidazole rings is 1. The normalized spacial score (nSPS) is 17.1. The van der Waals surface area contributed by atoms with Crippen molar-refractivity contribution in [3.63, 3.8) is 0 Å². The van der Waals surface area contributed by atoms with Gasteiger partial charge in [-0.2, -0.15) is 18.3 Å². The summed E-state index contributed by atoms with van der Waals surface area (Å²) < 4.78 is 41.8. The van der Waals surface area contributed by atoms with Crippen molar-refractivity contribution in [3.05, 3.63) is 81.9 Å². The van der Waals surface area contributed by atoms with Gasteiger partial charge in [-0.05, 0) is 52.3 Å². The van der Waals surface area contributed by atoms with Gasteiger partial charge >= 0.3 is 6.18 Å². The zero-order valence-electron chi connectivity index (χ0n) is 20.9. The smallest absolute Gasteiger partial charge is 0.416 e. The number of phenolic OH excluding ortho intramolecular Hbond substituents is 1. The number of halogens is 4. The second-order valence-corrected chi connectivity index (χ2v) is 10.5. The Labute approximate surface area is 234 Å². The van der Waals surface area contributed by atoms with Crippen LogP contribution in [-0.2, 0) is 23.8 Å². The number of fused-ring (bicyclic) bond motifs is 1. The number of carbonyl (C=O) groups is 2. The summed E-state index contributed by atoms with van der Waals surface area (Å²) in [7, 11) is 0. The first-order valence-corrected chi connectivity index (χ1v) is 13.2. The summed E-state index contributed by atoms with van der Waals surface area (Å²) in [6.07, 6.45) is -1.18. The molecule has 0 fully saturated rings. The average Bonchev–Trinajstić information content (AvgIpc) is 3.51. The van der Waals surface area contributed by atoms with Gasteiger partial charge in [0.15, 0.2) is 0 Å². The van der Waals surface area contributed by atoms with Crippen LogP contribution in [0.2, 0.25) is 0 Å². The Kier molecular flexibility index (Phi) is 6.21. The first kappa shape index (κ1) is 26.1. The van der Waals surface area contributed by atoms with Crippen molar-refractivity contribution in [3.8, 4) is 11.4 Å². The fourth-order valence-corrected chi connectivity index (χ4v) is 6.01. The maximum absolute atomic E-state index is 14.0. The fraction of sp³-hybridized carbons (Fsp3) is 0.259. The minimum absolute atomic E-state index is 0.112. The third-order valence-electron chi connectivity index (χ3n) is 7.45. The standard InChI is InChI=1S/C27H22BrF3N6O3/c1-2-22(39)35-9-7-17-23-19(37(34-17)18-6-3-14(11-21(18)38)27(29,30)31)8-10-36(20(23)12-35)26(40)15-4-5-16(28)25-24(15)32-13-33-25/h2-6,11,13,20,38H,1,7-10,12H2,(H,32,33). The highest BCUT2D eigenvalue weighted by Crippen LogP contribution is 2.40. The highest BCUT2D eigenvalue weighted by Gasteiger charge is 2.41. The summed E-state index contributed by atoms with van der Waals surface area (Å²) in [5.41, 5.74) is 2.76. The summed E-state index contributed by atoms with van der Waals surface area (Å²) >= 11 is 3.45. The first-order valence-electron chi connectivity index (χ1n) is 12.4. The molecule has 0 saturated heterocycles. The summed E-state index contributed by atoms with van der Waals surface area (Å²) in [5, 5.41) is 15.2. The van der Waals surface area contributed by atoms with Gasteiger partial charge in [-0.15, -0.1) is 0 Å². The molecule has 6 rings (SSSR count). The molecule has 0 aliphatic carbocycles. The lowest BCUT2D eigenvalue weighted by Gasteiger charge is -2.38. The van der Waals surface area contributed by atoms with Gasteiger partial charge in [-0.1, -0.05) is 6.58 Å². The monoisotopic (exact) mass is 614 g/mol. The molecule has 0 spiro atoms. The van der Waals surface area contributed by atoms with E-state index in [1.807, 2.05) is 0 Å². The molecule has 40 heavy (non-hydrogen) atoms. The van der Waals surface area contributed by atoms with Crippen molar-refractivity contribution < 1.29 is 27.9 Å². The topological polar surface area (TPSA) is 107 Å². The highest BCUT2D eigenvalue weighted by molar-refractivity contribution is 9.10. The van der Waals surface area contributed by atoms with E-state index in [2.05, 4.69) is 37.6 Å². The van der Waals surface area contributed by atoms with Crippen molar-refractivity contribution in [2.24, 2.45) is 0 Å². The second-order valence-electron chi connectivity index (χ2n) is 9.64. The lowest BCUT2D eigenvalue weighted by molar-refractivity contribution is -0.137. The van der Waals surface area contributed by atoms with Crippen molar-refractivity contribution in [1.29, 1.82) is 0 Å². The molecule has 1 atom stereocenters. The second kappa shape index (κ2) is 9.51. The molecule has 0 radical (unpaired) electrons. The Morgan fingerprint density at radius 3 is 2.70 bits per heavy atom. The Morgan fingerprint density at radius 2 is 1.98 bits per heavy atom. The number of phenols is 1. The van der Waals surface area contributed by atoms with Crippen LogP contribution in [0.4, 0.5) is 13.2 Å². The van der Waals surface area contributed by atoms with Gasteiger partial charge in [0, 0.05) is 42.5 Å². The number of hydrogen-bond acceptors (Lipinski definition) is 5. The average molecular weight is 615 g/mol. The number of H-pyrrole nitrogens is 1. The Bertz CT molecular complexity index is 1690. The van der Waals surface area contributed by atoms with Crippen LogP contribution in [0.15, 0.2) is 53.8 Å². The van der Waals surface area contributed by atoms with Gasteiger partial charge in [0.05, 0.1) is 40.4 Å². The maximum atomic E-state index is 14.0. The number of hydrogen-bond donors (Lipinski definition) is 2. The van der Waals surface area contributed by atoms with E-state index in [1.165, 1.54) is 23.2 Å². The molecule has 2 aliphatic rings. The third-order valence-corrected chi connectivity index (χ3v) is 8.09. The number of carbonyl (C=O) groups excluding carboxylic acids is 2. The van der Waals surface area contributed by atoms with Crippen LogP contribution in [-0.4, -0.2) is 66.1 Å². The number of rotatable bonds is 3. The molecule has 2 N–H and O–H groups in total. The summed E-state index contributed by atoms with van der Waals surface area (Å²) in [5.74, 6) is -1.10. The van der Waals surface area contributed by atoms with Crippen molar-refractivity contribution in [2.75, 3.05) is 19.6 Å². The van der Waals surface area contributed by atoms with Gasteiger partial charge in [0.25, 0.3) is 5.91 Å². The summed E-state index contributed by atoms with van der Waals surface area (Å²) in [6, 6.07) is 5.65. The van der Waals surface area contributed by atoms with E-state index >= 15 is 0 Å². The molecule has 0 saturated carbocycles.